The number of aliphatic hydroxyl groups is 1. The van der Waals surface area contributed by atoms with E-state index in [1.807, 2.05) is 0 Å². The lowest BCUT2D eigenvalue weighted by Gasteiger charge is -2.19. The molecule has 0 atom stereocenters. The highest BCUT2D eigenvalue weighted by Gasteiger charge is 2.28. The molecule has 108 valence electrons. The first-order valence-electron chi connectivity index (χ1n) is 5.50. The number of nitrogens with zero attached hydrogens (tertiary/aromatic N) is 1. The average molecular weight is 364 g/mol. The summed E-state index contributed by atoms with van der Waals surface area (Å²) < 4.78 is 44.3. The van der Waals surface area contributed by atoms with Crippen LogP contribution in [0.5, 0.6) is 0 Å². The van der Waals surface area contributed by atoms with E-state index in [-0.39, 0.29) is 21.0 Å². The van der Waals surface area contributed by atoms with Gasteiger partial charge in [-0.3, -0.25) is 4.31 Å². The fraction of sp³-hybridized carbons (Fsp3) is 0.167. The first-order chi connectivity index (χ1) is 9.37. The Balaban J connectivity index is 2.49. The number of sulfonamides is 1. The number of hydrogen-bond acceptors (Lipinski definition) is 4. The number of hydrogen-bond donors (Lipinski definition) is 1. The summed E-state index contributed by atoms with van der Waals surface area (Å²) in [6.07, 6.45) is 0. The molecule has 2 aromatic rings. The molecular weight excluding hydrogens is 353 g/mol. The number of benzene rings is 1. The zero-order chi connectivity index (χ0) is 14.9. The van der Waals surface area contributed by atoms with Gasteiger partial charge in [0.05, 0.1) is 5.69 Å². The Morgan fingerprint density at radius 2 is 2.05 bits per heavy atom. The molecule has 0 unspecified atom stereocenters. The van der Waals surface area contributed by atoms with Crippen molar-refractivity contribution in [3.8, 4) is 0 Å². The molecular formula is C12H11BrFNO4S. The van der Waals surface area contributed by atoms with Gasteiger partial charge in [-0.2, -0.15) is 0 Å². The zero-order valence-corrected chi connectivity index (χ0v) is 12.8. The first kappa shape index (κ1) is 15.0. The van der Waals surface area contributed by atoms with Crippen LogP contribution in [0.15, 0.2) is 44.3 Å². The molecule has 0 radical (unpaired) electrons. The monoisotopic (exact) mass is 363 g/mol. The van der Waals surface area contributed by atoms with Crippen LogP contribution in [0.4, 0.5) is 10.1 Å². The van der Waals surface area contributed by atoms with E-state index in [1.54, 1.807) is 0 Å². The van der Waals surface area contributed by atoms with E-state index in [0.717, 1.165) is 4.31 Å². The van der Waals surface area contributed by atoms with Gasteiger partial charge in [0.25, 0.3) is 10.0 Å². The molecule has 0 spiro atoms. The van der Waals surface area contributed by atoms with E-state index in [4.69, 9.17) is 9.52 Å². The van der Waals surface area contributed by atoms with Crippen molar-refractivity contribution in [2.45, 2.75) is 11.5 Å². The summed E-state index contributed by atoms with van der Waals surface area (Å²) in [5.74, 6) is -0.557. The highest BCUT2D eigenvalue weighted by molar-refractivity contribution is 9.10. The Bertz CT molecular complexity index is 729. The number of furan rings is 1. The molecule has 0 aliphatic heterocycles. The summed E-state index contributed by atoms with van der Waals surface area (Å²) in [5, 5.41) is 8.96. The number of aliphatic hydroxyl groups excluding tert-OH is 1. The van der Waals surface area contributed by atoms with Crippen LogP contribution in [0.2, 0.25) is 0 Å². The van der Waals surface area contributed by atoms with Gasteiger partial charge in [0.15, 0.2) is 4.67 Å². The van der Waals surface area contributed by atoms with Crippen molar-refractivity contribution in [3.63, 3.8) is 0 Å². The van der Waals surface area contributed by atoms with Crippen LogP contribution in [-0.2, 0) is 16.6 Å². The van der Waals surface area contributed by atoms with E-state index in [1.165, 1.54) is 37.4 Å². The molecule has 1 N–H and O–H groups in total. The van der Waals surface area contributed by atoms with Crippen molar-refractivity contribution >= 4 is 31.6 Å². The maximum Gasteiger partial charge on any atom is 0.268 e. The van der Waals surface area contributed by atoms with Crippen molar-refractivity contribution in [1.29, 1.82) is 0 Å². The molecule has 0 saturated carbocycles. The van der Waals surface area contributed by atoms with Crippen LogP contribution in [0, 0.1) is 5.82 Å². The second kappa shape index (κ2) is 5.55. The minimum atomic E-state index is -3.99. The van der Waals surface area contributed by atoms with Crippen LogP contribution in [0.3, 0.4) is 0 Å². The van der Waals surface area contributed by atoms with Crippen molar-refractivity contribution in [2.75, 3.05) is 11.4 Å². The summed E-state index contributed by atoms with van der Waals surface area (Å²) in [5.41, 5.74) is -0.0776. The van der Waals surface area contributed by atoms with Gasteiger partial charge in [-0.05, 0) is 28.1 Å². The van der Waals surface area contributed by atoms with E-state index in [0.29, 0.717) is 0 Å². The third kappa shape index (κ3) is 2.58. The zero-order valence-electron chi connectivity index (χ0n) is 10.4. The third-order valence-corrected chi connectivity index (χ3v) is 5.32. The van der Waals surface area contributed by atoms with Gasteiger partial charge in [-0.15, -0.1) is 0 Å². The van der Waals surface area contributed by atoms with Crippen molar-refractivity contribution in [2.24, 2.45) is 0 Å². The first-order valence-corrected chi connectivity index (χ1v) is 7.73. The quantitative estimate of drug-likeness (QED) is 0.905. The van der Waals surface area contributed by atoms with E-state index in [2.05, 4.69) is 15.9 Å². The molecule has 1 aromatic carbocycles. The molecule has 2 rings (SSSR count). The van der Waals surface area contributed by atoms with Gasteiger partial charge >= 0.3 is 0 Å². The van der Waals surface area contributed by atoms with Gasteiger partial charge in [0.2, 0.25) is 0 Å². The summed E-state index contributed by atoms with van der Waals surface area (Å²) in [6.45, 7) is -0.433. The van der Waals surface area contributed by atoms with E-state index < -0.39 is 22.4 Å². The fourth-order valence-corrected chi connectivity index (χ4v) is 3.80. The van der Waals surface area contributed by atoms with Gasteiger partial charge < -0.3 is 9.52 Å². The highest BCUT2D eigenvalue weighted by atomic mass is 79.9. The highest BCUT2D eigenvalue weighted by Crippen LogP contribution is 2.31. The average Bonchev–Trinajstić information content (AvgIpc) is 2.80. The largest absolute Gasteiger partial charge is 0.450 e. The molecule has 0 aliphatic rings. The third-order valence-electron chi connectivity index (χ3n) is 2.69. The summed E-state index contributed by atoms with van der Waals surface area (Å²) in [7, 11) is -2.75. The Morgan fingerprint density at radius 3 is 2.60 bits per heavy atom. The number of halogens is 2. The summed E-state index contributed by atoms with van der Waals surface area (Å²) >= 11 is 2.98. The summed E-state index contributed by atoms with van der Waals surface area (Å²) in [6, 6.07) is 6.72. The molecule has 20 heavy (non-hydrogen) atoms. The Labute approximate surface area is 123 Å². The predicted octanol–water partition coefficient (Wildman–Crippen LogP) is 2.50. The smallest absolute Gasteiger partial charge is 0.268 e. The van der Waals surface area contributed by atoms with Crippen molar-refractivity contribution in [1.82, 2.24) is 0 Å². The molecule has 1 heterocycles. The minimum Gasteiger partial charge on any atom is -0.450 e. The lowest BCUT2D eigenvalue weighted by Crippen LogP contribution is -2.27. The molecule has 0 aliphatic carbocycles. The molecule has 8 heteroatoms. The standard InChI is InChI=1S/C12H11BrFNO4S/c1-15(10-5-3-2-4-9(10)14)20(17,18)11-6-8(7-16)19-12(11)13/h2-6,16H,7H2,1H3. The molecule has 5 nitrogen and oxygen atoms in total. The minimum absolute atomic E-state index is 0.0373. The van der Waals surface area contributed by atoms with Gasteiger partial charge in [-0.1, -0.05) is 12.1 Å². The molecule has 0 bridgehead atoms. The maximum absolute atomic E-state index is 13.7. The number of anilines is 1. The Hall–Kier alpha value is -1.38. The Morgan fingerprint density at radius 1 is 1.40 bits per heavy atom. The second-order valence-corrected chi connectivity index (χ2v) is 6.59. The topological polar surface area (TPSA) is 70.8 Å². The molecule has 0 saturated heterocycles. The molecule has 0 amide bonds. The van der Waals surface area contributed by atoms with Crippen molar-refractivity contribution in [3.05, 3.63) is 46.6 Å². The SMILES string of the molecule is CN(c1ccccc1F)S(=O)(=O)c1cc(CO)oc1Br. The van der Waals surface area contributed by atoms with Crippen LogP contribution >= 0.6 is 15.9 Å². The van der Waals surface area contributed by atoms with E-state index >= 15 is 0 Å². The van der Waals surface area contributed by atoms with Gasteiger partial charge in [-0.25, -0.2) is 12.8 Å². The van der Waals surface area contributed by atoms with Crippen LogP contribution in [0.25, 0.3) is 0 Å². The van der Waals surface area contributed by atoms with Crippen molar-refractivity contribution < 1.29 is 22.3 Å². The predicted molar refractivity (Wildman–Crippen MR) is 74.3 cm³/mol. The van der Waals surface area contributed by atoms with Gasteiger partial charge in [0.1, 0.15) is 23.1 Å². The number of para-hydroxylation sites is 1. The fourth-order valence-electron chi connectivity index (χ4n) is 1.64. The molecule has 0 fully saturated rings. The maximum atomic E-state index is 13.7. The lowest BCUT2D eigenvalue weighted by atomic mass is 10.3. The molecule has 1 aromatic heterocycles. The summed E-state index contributed by atoms with van der Waals surface area (Å²) in [4.78, 5) is -0.174. The second-order valence-electron chi connectivity index (χ2n) is 3.93. The van der Waals surface area contributed by atoms with Crippen LogP contribution in [0.1, 0.15) is 5.76 Å². The lowest BCUT2D eigenvalue weighted by molar-refractivity contribution is 0.245. The number of rotatable bonds is 4. The van der Waals surface area contributed by atoms with E-state index in [9.17, 15) is 12.8 Å². The Kier molecular flexibility index (Phi) is 4.17. The van der Waals surface area contributed by atoms with Crippen LogP contribution < -0.4 is 4.31 Å². The van der Waals surface area contributed by atoms with Gasteiger partial charge in [0, 0.05) is 13.1 Å². The normalized spacial score (nSPS) is 11.6. The van der Waals surface area contributed by atoms with Crippen LogP contribution in [-0.4, -0.2) is 20.6 Å².